The van der Waals surface area contributed by atoms with Gasteiger partial charge in [-0.2, -0.15) is 4.31 Å². The molecule has 2 heterocycles. The SMILES string of the molecule is Cc1ccc(S(=O)(=O)N2CCOCC2)cc1C(=O)NCCc1c[nH]c2ccccc12. The van der Waals surface area contributed by atoms with Crippen molar-refractivity contribution >= 4 is 26.8 Å². The lowest BCUT2D eigenvalue weighted by Crippen LogP contribution is -2.40. The third-order valence-corrected chi connectivity index (χ3v) is 7.31. The lowest BCUT2D eigenvalue weighted by molar-refractivity contribution is 0.0730. The van der Waals surface area contributed by atoms with Gasteiger partial charge >= 0.3 is 0 Å². The van der Waals surface area contributed by atoms with E-state index in [4.69, 9.17) is 4.74 Å². The Bertz CT molecular complexity index is 1160. The molecule has 1 amide bonds. The number of nitrogens with one attached hydrogen (secondary N) is 2. The maximum absolute atomic E-state index is 12.9. The minimum atomic E-state index is -3.65. The van der Waals surface area contributed by atoms with Crippen LogP contribution in [0.1, 0.15) is 21.5 Å². The molecule has 1 saturated heterocycles. The number of morpholine rings is 1. The van der Waals surface area contributed by atoms with Crippen LogP contribution >= 0.6 is 0 Å². The van der Waals surface area contributed by atoms with Crippen LogP contribution in [0.5, 0.6) is 0 Å². The minimum Gasteiger partial charge on any atom is -0.379 e. The third kappa shape index (κ3) is 4.12. The Morgan fingerprint density at radius 3 is 2.73 bits per heavy atom. The van der Waals surface area contributed by atoms with Crippen molar-refractivity contribution in [2.24, 2.45) is 0 Å². The number of aryl methyl sites for hydroxylation is 1. The number of H-pyrrole nitrogens is 1. The van der Waals surface area contributed by atoms with E-state index in [1.165, 1.54) is 10.4 Å². The highest BCUT2D eigenvalue weighted by atomic mass is 32.2. The first-order chi connectivity index (χ1) is 14.5. The molecule has 0 spiro atoms. The van der Waals surface area contributed by atoms with Crippen molar-refractivity contribution in [1.29, 1.82) is 0 Å². The van der Waals surface area contributed by atoms with E-state index in [2.05, 4.69) is 10.3 Å². The van der Waals surface area contributed by atoms with Crippen LogP contribution in [0.4, 0.5) is 0 Å². The number of carbonyl (C=O) groups is 1. The van der Waals surface area contributed by atoms with Crippen LogP contribution in [0, 0.1) is 6.92 Å². The number of hydrogen-bond acceptors (Lipinski definition) is 4. The van der Waals surface area contributed by atoms with Crippen LogP contribution in [0.2, 0.25) is 0 Å². The second-order valence-corrected chi connectivity index (χ2v) is 9.30. The van der Waals surface area contributed by atoms with Crippen LogP contribution < -0.4 is 5.32 Å². The molecule has 0 atom stereocenters. The largest absolute Gasteiger partial charge is 0.379 e. The van der Waals surface area contributed by atoms with Gasteiger partial charge < -0.3 is 15.0 Å². The number of carbonyl (C=O) groups excluding carboxylic acids is 1. The van der Waals surface area contributed by atoms with Crippen LogP contribution in [-0.4, -0.2) is 56.5 Å². The number of aromatic amines is 1. The van der Waals surface area contributed by atoms with Gasteiger partial charge in [0.2, 0.25) is 10.0 Å². The summed E-state index contributed by atoms with van der Waals surface area (Å²) >= 11 is 0. The number of rotatable bonds is 6. The maximum atomic E-state index is 12.9. The molecule has 1 aromatic heterocycles. The summed E-state index contributed by atoms with van der Waals surface area (Å²) in [7, 11) is -3.65. The zero-order valence-corrected chi connectivity index (χ0v) is 17.7. The predicted octanol–water partition coefficient (Wildman–Crippen LogP) is 2.47. The molecule has 158 valence electrons. The monoisotopic (exact) mass is 427 g/mol. The molecule has 0 bridgehead atoms. The van der Waals surface area contributed by atoms with E-state index in [1.54, 1.807) is 19.1 Å². The van der Waals surface area contributed by atoms with Gasteiger partial charge in [0, 0.05) is 42.3 Å². The molecule has 30 heavy (non-hydrogen) atoms. The van der Waals surface area contributed by atoms with E-state index < -0.39 is 10.0 Å². The smallest absolute Gasteiger partial charge is 0.251 e. The second-order valence-electron chi connectivity index (χ2n) is 7.36. The summed E-state index contributed by atoms with van der Waals surface area (Å²) in [5.74, 6) is -0.272. The highest BCUT2D eigenvalue weighted by Gasteiger charge is 2.27. The fourth-order valence-corrected chi connectivity index (χ4v) is 5.12. The summed E-state index contributed by atoms with van der Waals surface area (Å²) in [5, 5.41) is 4.06. The van der Waals surface area contributed by atoms with E-state index in [0.717, 1.165) is 22.0 Å². The minimum absolute atomic E-state index is 0.136. The number of sulfonamides is 1. The fraction of sp³-hybridized carbons (Fsp3) is 0.318. The van der Waals surface area contributed by atoms with Crippen molar-refractivity contribution in [3.63, 3.8) is 0 Å². The van der Waals surface area contributed by atoms with E-state index in [-0.39, 0.29) is 10.8 Å². The van der Waals surface area contributed by atoms with E-state index >= 15 is 0 Å². The standard InChI is InChI=1S/C22H25N3O4S/c1-16-6-7-18(30(27,28)25-10-12-29-13-11-25)14-20(16)22(26)23-9-8-17-15-24-21-5-3-2-4-19(17)21/h2-7,14-15,24H,8-13H2,1H3,(H,23,26). The zero-order valence-electron chi connectivity index (χ0n) is 16.8. The molecular weight excluding hydrogens is 402 g/mol. The molecule has 3 aromatic rings. The number of benzene rings is 2. The van der Waals surface area contributed by atoms with Crippen molar-refractivity contribution in [1.82, 2.24) is 14.6 Å². The molecule has 8 heteroatoms. The van der Waals surface area contributed by atoms with Gasteiger partial charge in [-0.1, -0.05) is 24.3 Å². The molecule has 4 rings (SSSR count). The lowest BCUT2D eigenvalue weighted by atomic mass is 10.1. The van der Waals surface area contributed by atoms with E-state index in [9.17, 15) is 13.2 Å². The molecule has 0 saturated carbocycles. The van der Waals surface area contributed by atoms with Gasteiger partial charge in [0.25, 0.3) is 5.91 Å². The summed E-state index contributed by atoms with van der Waals surface area (Å²) in [6.07, 6.45) is 2.64. The molecule has 2 N–H and O–H groups in total. The van der Waals surface area contributed by atoms with Crippen molar-refractivity contribution in [2.75, 3.05) is 32.8 Å². The van der Waals surface area contributed by atoms with Gasteiger partial charge in [-0.3, -0.25) is 4.79 Å². The van der Waals surface area contributed by atoms with Crippen LogP contribution in [0.25, 0.3) is 10.9 Å². The Hall–Kier alpha value is -2.68. The Morgan fingerprint density at radius 2 is 1.93 bits per heavy atom. The Labute approximate surface area is 176 Å². The Morgan fingerprint density at radius 1 is 1.17 bits per heavy atom. The van der Waals surface area contributed by atoms with E-state index in [0.29, 0.717) is 44.8 Å². The Balaban J connectivity index is 1.46. The van der Waals surface area contributed by atoms with Crippen molar-refractivity contribution in [2.45, 2.75) is 18.2 Å². The molecule has 1 aliphatic rings. The quantitative estimate of drug-likeness (QED) is 0.632. The molecule has 0 unspecified atom stereocenters. The molecule has 0 aliphatic carbocycles. The van der Waals surface area contributed by atoms with Crippen molar-refractivity contribution in [3.05, 3.63) is 65.4 Å². The summed E-state index contributed by atoms with van der Waals surface area (Å²) in [4.78, 5) is 16.1. The van der Waals surface area contributed by atoms with Crippen LogP contribution in [0.3, 0.4) is 0 Å². The normalized spacial score (nSPS) is 15.4. The number of amides is 1. The molecule has 7 nitrogen and oxygen atoms in total. The second kappa shape index (κ2) is 8.59. The molecule has 2 aromatic carbocycles. The lowest BCUT2D eigenvalue weighted by Gasteiger charge is -2.26. The van der Waals surface area contributed by atoms with Crippen LogP contribution in [0.15, 0.2) is 53.6 Å². The highest BCUT2D eigenvalue weighted by molar-refractivity contribution is 7.89. The van der Waals surface area contributed by atoms with Gasteiger partial charge in [0.1, 0.15) is 0 Å². The number of para-hydroxylation sites is 1. The Kier molecular flexibility index (Phi) is 5.90. The number of hydrogen-bond donors (Lipinski definition) is 2. The van der Waals surface area contributed by atoms with Gasteiger partial charge in [0.05, 0.1) is 18.1 Å². The molecule has 1 fully saturated rings. The van der Waals surface area contributed by atoms with Gasteiger partial charge in [-0.15, -0.1) is 0 Å². The van der Waals surface area contributed by atoms with Gasteiger partial charge in [-0.25, -0.2) is 8.42 Å². The number of fused-ring (bicyclic) bond motifs is 1. The first-order valence-electron chi connectivity index (χ1n) is 9.98. The van der Waals surface area contributed by atoms with Gasteiger partial charge in [-0.05, 0) is 42.7 Å². The molecule has 0 radical (unpaired) electrons. The third-order valence-electron chi connectivity index (χ3n) is 5.42. The molecule has 1 aliphatic heterocycles. The summed E-state index contributed by atoms with van der Waals surface area (Å²) in [5.41, 5.74) is 3.31. The average molecular weight is 428 g/mol. The van der Waals surface area contributed by atoms with Crippen LogP contribution in [-0.2, 0) is 21.2 Å². The summed E-state index contributed by atoms with van der Waals surface area (Å²) in [6, 6.07) is 12.7. The van der Waals surface area contributed by atoms with Crippen molar-refractivity contribution < 1.29 is 17.9 Å². The van der Waals surface area contributed by atoms with Crippen molar-refractivity contribution in [3.8, 4) is 0 Å². The first kappa shape index (κ1) is 20.6. The molecular formula is C22H25N3O4S. The fourth-order valence-electron chi connectivity index (χ4n) is 3.69. The average Bonchev–Trinajstić information content (AvgIpc) is 3.17. The first-order valence-corrected chi connectivity index (χ1v) is 11.4. The maximum Gasteiger partial charge on any atom is 0.251 e. The van der Waals surface area contributed by atoms with Gasteiger partial charge in [0.15, 0.2) is 0 Å². The topological polar surface area (TPSA) is 91.5 Å². The summed E-state index contributed by atoms with van der Waals surface area (Å²) in [6.45, 7) is 3.67. The number of ether oxygens (including phenoxy) is 1. The summed E-state index contributed by atoms with van der Waals surface area (Å²) < 4.78 is 32.4. The number of nitrogens with zero attached hydrogens (tertiary/aromatic N) is 1. The number of aromatic nitrogens is 1. The zero-order chi connectivity index (χ0) is 21.1. The van der Waals surface area contributed by atoms with E-state index in [1.807, 2.05) is 30.5 Å². The highest BCUT2D eigenvalue weighted by Crippen LogP contribution is 2.21. The predicted molar refractivity (Wildman–Crippen MR) is 115 cm³/mol.